The molecule has 0 spiro atoms. The molecule has 1 aromatic rings. The molecule has 0 heterocycles. The molecule has 0 aliphatic rings. The van der Waals surface area contributed by atoms with Gasteiger partial charge in [-0.25, -0.2) is 0 Å². The van der Waals surface area contributed by atoms with Gasteiger partial charge in [0.25, 0.3) is 0 Å². The molecule has 0 fully saturated rings. The molecular weight excluding hydrogens is 282 g/mol. The van der Waals surface area contributed by atoms with Crippen molar-refractivity contribution in [2.45, 2.75) is 58.5 Å². The summed E-state index contributed by atoms with van der Waals surface area (Å²) >= 11 is 6.11. The van der Waals surface area contributed by atoms with Crippen LogP contribution in [0.2, 0.25) is 5.02 Å². The lowest BCUT2D eigenvalue weighted by atomic mass is 9.80. The summed E-state index contributed by atoms with van der Waals surface area (Å²) in [5.74, 6) is 5.93. The number of nitrogens with one attached hydrogen (secondary N) is 1. The van der Waals surface area contributed by atoms with Crippen LogP contribution in [-0.2, 0) is 6.42 Å². The van der Waals surface area contributed by atoms with Gasteiger partial charge in [0.05, 0.1) is 0 Å². The molecule has 0 aromatic heterocycles. The topological polar surface area (TPSA) is 41.3 Å². The molecule has 21 heavy (non-hydrogen) atoms. The smallest absolute Gasteiger partial charge is 0.0434 e. The molecule has 0 amide bonds. The van der Waals surface area contributed by atoms with Gasteiger partial charge in [-0.2, -0.15) is 0 Å². The molecule has 1 unspecified atom stereocenters. The SMILES string of the molecule is CCN(CC)C(CC)(CC)C(Cc1cccc(Cl)c1)NN. The van der Waals surface area contributed by atoms with E-state index in [1.807, 2.05) is 18.2 Å². The maximum atomic E-state index is 6.11. The Balaban J connectivity index is 3.07. The summed E-state index contributed by atoms with van der Waals surface area (Å²) in [4.78, 5) is 2.53. The van der Waals surface area contributed by atoms with Crippen molar-refractivity contribution in [1.82, 2.24) is 10.3 Å². The maximum absolute atomic E-state index is 6.11. The largest absolute Gasteiger partial charge is 0.297 e. The summed E-state index contributed by atoms with van der Waals surface area (Å²) in [5, 5.41) is 0.782. The van der Waals surface area contributed by atoms with Gasteiger partial charge in [-0.05, 0) is 50.0 Å². The lowest BCUT2D eigenvalue weighted by molar-refractivity contribution is 0.0492. The highest BCUT2D eigenvalue weighted by atomic mass is 35.5. The molecule has 1 aromatic carbocycles. The fourth-order valence-corrected chi connectivity index (χ4v) is 3.78. The fraction of sp³-hybridized carbons (Fsp3) is 0.647. The maximum Gasteiger partial charge on any atom is 0.0434 e. The van der Waals surface area contributed by atoms with Gasteiger partial charge in [0.15, 0.2) is 0 Å². The van der Waals surface area contributed by atoms with Crippen LogP contribution in [0, 0.1) is 0 Å². The number of benzene rings is 1. The van der Waals surface area contributed by atoms with Gasteiger partial charge in [-0.15, -0.1) is 0 Å². The first-order valence-electron chi connectivity index (χ1n) is 8.03. The average molecular weight is 312 g/mol. The molecule has 0 aliphatic carbocycles. The minimum Gasteiger partial charge on any atom is -0.297 e. The Morgan fingerprint density at radius 1 is 1.19 bits per heavy atom. The van der Waals surface area contributed by atoms with E-state index in [0.717, 1.165) is 37.4 Å². The van der Waals surface area contributed by atoms with Crippen LogP contribution in [0.1, 0.15) is 46.1 Å². The third-order valence-corrected chi connectivity index (χ3v) is 5.03. The highest BCUT2D eigenvalue weighted by Gasteiger charge is 2.39. The number of likely N-dealkylation sites (N-methyl/N-ethyl adjacent to an activating group) is 1. The Hall–Kier alpha value is -0.610. The van der Waals surface area contributed by atoms with E-state index in [2.05, 4.69) is 44.1 Å². The van der Waals surface area contributed by atoms with Gasteiger partial charge in [-0.1, -0.05) is 51.4 Å². The molecule has 1 rings (SSSR count). The zero-order valence-corrected chi connectivity index (χ0v) is 14.6. The summed E-state index contributed by atoms with van der Waals surface area (Å²) < 4.78 is 0. The second kappa shape index (κ2) is 8.74. The molecule has 0 aliphatic heterocycles. The number of nitrogens with two attached hydrogens (primary N) is 1. The van der Waals surface area contributed by atoms with E-state index in [1.165, 1.54) is 5.56 Å². The second-order valence-corrected chi connectivity index (χ2v) is 5.97. The number of nitrogens with zero attached hydrogens (tertiary/aromatic N) is 1. The molecule has 0 saturated heterocycles. The summed E-state index contributed by atoms with van der Waals surface area (Å²) in [6, 6.07) is 8.26. The van der Waals surface area contributed by atoms with Gasteiger partial charge in [-0.3, -0.25) is 16.2 Å². The first kappa shape index (κ1) is 18.4. The zero-order chi connectivity index (χ0) is 15.9. The van der Waals surface area contributed by atoms with Crippen molar-refractivity contribution in [3.63, 3.8) is 0 Å². The number of halogens is 1. The van der Waals surface area contributed by atoms with Crippen LogP contribution in [0.15, 0.2) is 24.3 Å². The lowest BCUT2D eigenvalue weighted by Gasteiger charge is -2.48. The van der Waals surface area contributed by atoms with Crippen LogP contribution in [0.3, 0.4) is 0 Å². The predicted octanol–water partition coefficient (Wildman–Crippen LogP) is 3.62. The number of rotatable bonds is 9. The van der Waals surface area contributed by atoms with Crippen molar-refractivity contribution < 1.29 is 0 Å². The van der Waals surface area contributed by atoms with Gasteiger partial charge >= 0.3 is 0 Å². The van der Waals surface area contributed by atoms with Gasteiger partial charge in [0, 0.05) is 16.6 Å². The van der Waals surface area contributed by atoms with Crippen LogP contribution in [0.25, 0.3) is 0 Å². The summed E-state index contributed by atoms with van der Waals surface area (Å²) in [6.07, 6.45) is 3.02. The van der Waals surface area contributed by atoms with Gasteiger partial charge in [0.2, 0.25) is 0 Å². The Labute approximate surface area is 134 Å². The van der Waals surface area contributed by atoms with E-state index in [-0.39, 0.29) is 11.6 Å². The monoisotopic (exact) mass is 311 g/mol. The van der Waals surface area contributed by atoms with Crippen LogP contribution in [-0.4, -0.2) is 29.6 Å². The molecule has 0 saturated carbocycles. The quantitative estimate of drug-likeness (QED) is 0.540. The number of hydrogen-bond acceptors (Lipinski definition) is 3. The van der Waals surface area contributed by atoms with Gasteiger partial charge < -0.3 is 0 Å². The minimum absolute atomic E-state index is 0.0700. The van der Waals surface area contributed by atoms with Crippen LogP contribution in [0.4, 0.5) is 0 Å². The van der Waals surface area contributed by atoms with E-state index in [1.54, 1.807) is 0 Å². The fourth-order valence-electron chi connectivity index (χ4n) is 3.57. The molecule has 0 bridgehead atoms. The lowest BCUT2D eigenvalue weighted by Crippen LogP contribution is -2.63. The van der Waals surface area contributed by atoms with E-state index in [4.69, 9.17) is 17.4 Å². The third-order valence-electron chi connectivity index (χ3n) is 4.80. The van der Waals surface area contributed by atoms with E-state index >= 15 is 0 Å². The van der Waals surface area contributed by atoms with Crippen LogP contribution in [0.5, 0.6) is 0 Å². The first-order chi connectivity index (χ1) is 10.1. The molecule has 4 heteroatoms. The normalized spacial score (nSPS) is 13.7. The Bertz CT molecular complexity index is 414. The summed E-state index contributed by atoms with van der Waals surface area (Å²) in [7, 11) is 0. The Morgan fingerprint density at radius 3 is 2.24 bits per heavy atom. The average Bonchev–Trinajstić information content (AvgIpc) is 2.51. The second-order valence-electron chi connectivity index (χ2n) is 5.54. The predicted molar refractivity (Wildman–Crippen MR) is 92.5 cm³/mol. The molecule has 0 radical (unpaired) electrons. The van der Waals surface area contributed by atoms with Crippen LogP contribution >= 0.6 is 11.6 Å². The van der Waals surface area contributed by atoms with Crippen molar-refractivity contribution in [1.29, 1.82) is 0 Å². The zero-order valence-electron chi connectivity index (χ0n) is 13.8. The standard InChI is InChI=1S/C17H30ClN3/c1-5-17(6-2,21(7-3)8-4)16(20-19)13-14-10-9-11-15(18)12-14/h9-12,16,20H,5-8,13,19H2,1-4H3. The van der Waals surface area contributed by atoms with Crippen molar-refractivity contribution >= 4 is 11.6 Å². The highest BCUT2D eigenvalue weighted by Crippen LogP contribution is 2.30. The summed E-state index contributed by atoms with van der Waals surface area (Å²) in [5.41, 5.74) is 4.37. The van der Waals surface area contributed by atoms with Crippen molar-refractivity contribution in [2.75, 3.05) is 13.1 Å². The Morgan fingerprint density at radius 2 is 1.81 bits per heavy atom. The van der Waals surface area contributed by atoms with Crippen molar-refractivity contribution in [2.24, 2.45) is 5.84 Å². The van der Waals surface area contributed by atoms with Crippen LogP contribution < -0.4 is 11.3 Å². The molecule has 1 atom stereocenters. The van der Waals surface area contributed by atoms with E-state index < -0.39 is 0 Å². The summed E-state index contributed by atoms with van der Waals surface area (Å²) in [6.45, 7) is 11.0. The molecular formula is C17H30ClN3. The van der Waals surface area contributed by atoms with E-state index in [0.29, 0.717) is 0 Å². The van der Waals surface area contributed by atoms with E-state index in [9.17, 15) is 0 Å². The van der Waals surface area contributed by atoms with Crippen molar-refractivity contribution in [3.8, 4) is 0 Å². The number of hydrogen-bond donors (Lipinski definition) is 2. The van der Waals surface area contributed by atoms with Gasteiger partial charge in [0.1, 0.15) is 0 Å². The first-order valence-corrected chi connectivity index (χ1v) is 8.41. The van der Waals surface area contributed by atoms with Crippen molar-refractivity contribution in [3.05, 3.63) is 34.9 Å². The number of hydrazine groups is 1. The molecule has 3 nitrogen and oxygen atoms in total. The minimum atomic E-state index is 0.0700. The highest BCUT2D eigenvalue weighted by molar-refractivity contribution is 6.30. The third kappa shape index (κ3) is 4.19. The molecule has 120 valence electrons. The molecule has 3 N–H and O–H groups in total. The Kier molecular flexibility index (Phi) is 7.67.